The van der Waals surface area contributed by atoms with E-state index in [2.05, 4.69) is 0 Å². The molecule has 0 saturated heterocycles. The van der Waals surface area contributed by atoms with E-state index in [-0.39, 0.29) is 24.1 Å². The van der Waals surface area contributed by atoms with Crippen LogP contribution in [0.4, 0.5) is 0 Å². The Morgan fingerprint density at radius 3 is 2.53 bits per heavy atom. The molecule has 0 spiro atoms. The molecule has 0 heterocycles. The maximum absolute atomic E-state index is 12.0. The van der Waals surface area contributed by atoms with Crippen molar-refractivity contribution in [1.82, 2.24) is 0 Å². The van der Waals surface area contributed by atoms with Gasteiger partial charge in [-0.25, -0.2) is 0 Å². The molecule has 0 bridgehead atoms. The van der Waals surface area contributed by atoms with Crippen LogP contribution in [0.15, 0.2) is 12.1 Å². The summed E-state index contributed by atoms with van der Waals surface area (Å²) in [5.41, 5.74) is 4.02. The number of Topliss-reactive ketones (excluding diaryl/α,β-unsaturated/α-hetero) is 1. The fourth-order valence-electron chi connectivity index (χ4n) is 2.31. The molecule has 3 nitrogen and oxygen atoms in total. The highest BCUT2D eigenvalue weighted by Crippen LogP contribution is 2.28. The van der Waals surface area contributed by atoms with Crippen molar-refractivity contribution in [3.63, 3.8) is 0 Å². The molecule has 1 unspecified atom stereocenters. The van der Waals surface area contributed by atoms with E-state index in [0.29, 0.717) is 6.42 Å². The van der Waals surface area contributed by atoms with Crippen LogP contribution in [0.3, 0.4) is 0 Å². The predicted octanol–water partition coefficient (Wildman–Crippen LogP) is 2.22. The van der Waals surface area contributed by atoms with E-state index in [1.54, 1.807) is 0 Å². The maximum atomic E-state index is 12.0. The number of esters is 1. The molecular weight excluding hydrogens is 216 g/mol. The van der Waals surface area contributed by atoms with Crippen molar-refractivity contribution >= 4 is 11.8 Å². The summed E-state index contributed by atoms with van der Waals surface area (Å²) in [4.78, 5) is 23.5. The molecule has 0 aromatic heterocycles. The number of carbonyl (C=O) groups excluding carboxylic acids is 2. The van der Waals surface area contributed by atoms with Gasteiger partial charge < -0.3 is 4.74 Å². The van der Waals surface area contributed by atoms with Gasteiger partial charge in [0.1, 0.15) is 0 Å². The molecule has 1 aliphatic carbocycles. The second kappa shape index (κ2) is 4.32. The zero-order valence-corrected chi connectivity index (χ0v) is 10.4. The lowest BCUT2D eigenvalue weighted by Gasteiger charge is -2.22. The fraction of sp³-hybridized carbons (Fsp3) is 0.429. The van der Waals surface area contributed by atoms with Gasteiger partial charge in [0.15, 0.2) is 5.78 Å². The molecule has 3 heteroatoms. The zero-order chi connectivity index (χ0) is 12.6. The van der Waals surface area contributed by atoms with Crippen molar-refractivity contribution in [2.24, 2.45) is 5.92 Å². The van der Waals surface area contributed by atoms with Crippen LogP contribution in [0.1, 0.15) is 33.5 Å². The second-order valence-electron chi connectivity index (χ2n) is 4.65. The third-order valence-corrected chi connectivity index (χ3v) is 3.45. The van der Waals surface area contributed by atoms with E-state index in [4.69, 9.17) is 4.74 Å². The first kappa shape index (κ1) is 11.8. The van der Waals surface area contributed by atoms with E-state index in [0.717, 1.165) is 22.3 Å². The normalized spacial score (nSPS) is 18.8. The summed E-state index contributed by atoms with van der Waals surface area (Å²) >= 11 is 0. The van der Waals surface area contributed by atoms with Crippen molar-refractivity contribution < 1.29 is 14.3 Å². The molecule has 0 aliphatic heterocycles. The highest BCUT2D eigenvalue weighted by molar-refractivity contribution is 6.01. The SMILES string of the molecule is COC(=O)C1CC(=O)c2cc(C)c(C)cc2C1. The molecular formula is C14H16O3. The average Bonchev–Trinajstić information content (AvgIpc) is 2.30. The van der Waals surface area contributed by atoms with Crippen LogP contribution in [0.2, 0.25) is 0 Å². The second-order valence-corrected chi connectivity index (χ2v) is 4.65. The minimum atomic E-state index is -0.317. The maximum Gasteiger partial charge on any atom is 0.309 e. The molecule has 17 heavy (non-hydrogen) atoms. The number of benzene rings is 1. The molecule has 0 amide bonds. The topological polar surface area (TPSA) is 43.4 Å². The average molecular weight is 232 g/mol. The first-order chi connectivity index (χ1) is 8.02. The Bertz CT molecular complexity index is 488. The molecule has 0 saturated carbocycles. The number of ether oxygens (including phenoxy) is 1. The van der Waals surface area contributed by atoms with E-state index >= 15 is 0 Å². The Labute approximate surface area is 101 Å². The van der Waals surface area contributed by atoms with Gasteiger partial charge in [-0.15, -0.1) is 0 Å². The van der Waals surface area contributed by atoms with Crippen LogP contribution in [0.5, 0.6) is 0 Å². The lowest BCUT2D eigenvalue weighted by Crippen LogP contribution is -2.27. The summed E-state index contributed by atoms with van der Waals surface area (Å²) in [6, 6.07) is 3.94. The van der Waals surface area contributed by atoms with E-state index in [9.17, 15) is 9.59 Å². The fourth-order valence-corrected chi connectivity index (χ4v) is 2.31. The number of fused-ring (bicyclic) bond motifs is 1. The number of aryl methyl sites for hydroxylation is 2. The van der Waals surface area contributed by atoms with Gasteiger partial charge in [-0.1, -0.05) is 6.07 Å². The zero-order valence-electron chi connectivity index (χ0n) is 10.4. The minimum absolute atomic E-state index is 0.0461. The van der Waals surface area contributed by atoms with Gasteiger partial charge in [0.05, 0.1) is 13.0 Å². The largest absolute Gasteiger partial charge is 0.469 e. The van der Waals surface area contributed by atoms with Gasteiger partial charge in [-0.3, -0.25) is 9.59 Å². The van der Waals surface area contributed by atoms with E-state index in [1.807, 2.05) is 26.0 Å². The van der Waals surface area contributed by atoms with Crippen LogP contribution in [-0.4, -0.2) is 18.9 Å². The smallest absolute Gasteiger partial charge is 0.309 e. The van der Waals surface area contributed by atoms with Crippen LogP contribution in [-0.2, 0) is 16.0 Å². The molecule has 1 aliphatic rings. The molecule has 1 aromatic carbocycles. The Balaban J connectivity index is 2.39. The molecule has 1 aromatic rings. The van der Waals surface area contributed by atoms with Gasteiger partial charge in [-0.05, 0) is 43.0 Å². The third-order valence-electron chi connectivity index (χ3n) is 3.45. The van der Waals surface area contributed by atoms with Crippen molar-refractivity contribution in [1.29, 1.82) is 0 Å². The number of hydrogen-bond donors (Lipinski definition) is 0. The van der Waals surface area contributed by atoms with Gasteiger partial charge in [-0.2, -0.15) is 0 Å². The highest BCUT2D eigenvalue weighted by Gasteiger charge is 2.30. The Kier molecular flexibility index (Phi) is 3.01. The summed E-state index contributed by atoms with van der Waals surface area (Å²) in [6.07, 6.45) is 0.872. The monoisotopic (exact) mass is 232 g/mol. The third kappa shape index (κ3) is 2.09. The summed E-state index contributed by atoms with van der Waals surface area (Å²) < 4.78 is 4.72. The van der Waals surface area contributed by atoms with Crippen LogP contribution in [0.25, 0.3) is 0 Å². The summed E-state index contributed by atoms with van der Waals surface area (Å²) in [5.74, 6) is -0.561. The standard InChI is InChI=1S/C14H16O3/c1-8-4-10-6-11(14(16)17-3)7-13(15)12(10)5-9(8)2/h4-5,11H,6-7H2,1-3H3. The van der Waals surface area contributed by atoms with Gasteiger partial charge in [0.25, 0.3) is 0 Å². The lowest BCUT2D eigenvalue weighted by molar-refractivity contribution is -0.145. The molecule has 0 N–H and O–H groups in total. The number of ketones is 1. The van der Waals surface area contributed by atoms with Gasteiger partial charge in [0.2, 0.25) is 0 Å². The lowest BCUT2D eigenvalue weighted by atomic mass is 9.81. The molecule has 0 radical (unpaired) electrons. The molecule has 1 atom stereocenters. The number of methoxy groups -OCH3 is 1. The molecule has 0 fully saturated rings. The van der Waals surface area contributed by atoms with Crippen LogP contribution < -0.4 is 0 Å². The summed E-state index contributed by atoms with van der Waals surface area (Å²) in [7, 11) is 1.36. The summed E-state index contributed by atoms with van der Waals surface area (Å²) in [6.45, 7) is 4.01. The van der Waals surface area contributed by atoms with Crippen LogP contribution >= 0.6 is 0 Å². The van der Waals surface area contributed by atoms with E-state index < -0.39 is 0 Å². The van der Waals surface area contributed by atoms with Crippen LogP contribution in [0, 0.1) is 19.8 Å². The molecule has 2 rings (SSSR count). The number of rotatable bonds is 1. The van der Waals surface area contributed by atoms with Gasteiger partial charge >= 0.3 is 5.97 Å². The number of hydrogen-bond acceptors (Lipinski definition) is 3. The first-order valence-corrected chi connectivity index (χ1v) is 5.74. The van der Waals surface area contributed by atoms with Gasteiger partial charge in [0, 0.05) is 12.0 Å². The Hall–Kier alpha value is -1.64. The van der Waals surface area contributed by atoms with E-state index in [1.165, 1.54) is 7.11 Å². The summed E-state index contributed by atoms with van der Waals surface area (Å²) in [5, 5.41) is 0. The quantitative estimate of drug-likeness (QED) is 0.697. The van der Waals surface area contributed by atoms with Crippen molar-refractivity contribution in [3.05, 3.63) is 34.4 Å². The van der Waals surface area contributed by atoms with Crippen molar-refractivity contribution in [2.45, 2.75) is 26.7 Å². The number of carbonyl (C=O) groups is 2. The molecule has 90 valence electrons. The van der Waals surface area contributed by atoms with Crippen molar-refractivity contribution in [3.8, 4) is 0 Å². The first-order valence-electron chi connectivity index (χ1n) is 5.74. The Morgan fingerprint density at radius 1 is 1.24 bits per heavy atom. The Morgan fingerprint density at radius 2 is 1.88 bits per heavy atom. The highest BCUT2D eigenvalue weighted by atomic mass is 16.5. The minimum Gasteiger partial charge on any atom is -0.469 e. The predicted molar refractivity (Wildman–Crippen MR) is 64.1 cm³/mol. The van der Waals surface area contributed by atoms with Crippen molar-refractivity contribution in [2.75, 3.05) is 7.11 Å².